The lowest BCUT2D eigenvalue weighted by atomic mass is 9.69. The van der Waals surface area contributed by atoms with Gasteiger partial charge in [-0.3, -0.25) is 0 Å². The number of rotatable bonds is 2. The fourth-order valence-corrected chi connectivity index (χ4v) is 4.21. The van der Waals surface area contributed by atoms with E-state index in [-0.39, 0.29) is 5.41 Å². The minimum absolute atomic E-state index is 0.372. The first-order valence-electron chi connectivity index (χ1n) is 6.47. The van der Waals surface area contributed by atoms with E-state index < -0.39 is 0 Å². The lowest BCUT2D eigenvalue weighted by Gasteiger charge is -2.33. The third-order valence-electron chi connectivity index (χ3n) is 3.90. The highest BCUT2D eigenvalue weighted by Gasteiger charge is 2.37. The van der Waals surface area contributed by atoms with Crippen molar-refractivity contribution in [2.45, 2.75) is 31.1 Å². The van der Waals surface area contributed by atoms with Gasteiger partial charge < -0.3 is 0 Å². The van der Waals surface area contributed by atoms with Crippen LogP contribution in [-0.4, -0.2) is 0 Å². The number of nitriles is 1. The van der Waals surface area contributed by atoms with Crippen LogP contribution in [-0.2, 0) is 18.3 Å². The Hall–Kier alpha value is -1.30. The predicted molar refractivity (Wildman–Crippen MR) is 79.7 cm³/mol. The molecule has 1 nitrogen and oxygen atoms in total. The maximum Gasteiger partial charge on any atom is 0.0931 e. The highest BCUT2D eigenvalue weighted by molar-refractivity contribution is 7.16. The normalized spacial score (nSPS) is 21.7. The molecule has 0 aliphatic heterocycles. The smallest absolute Gasteiger partial charge is 0.0931 e. The molecular formula is C16H14ClNS. The fourth-order valence-electron chi connectivity index (χ4n) is 3.00. The van der Waals surface area contributed by atoms with Gasteiger partial charge in [-0.25, -0.2) is 0 Å². The molecule has 1 heterocycles. The van der Waals surface area contributed by atoms with E-state index in [1.807, 2.05) is 18.2 Å². The Morgan fingerprint density at radius 1 is 1.26 bits per heavy atom. The van der Waals surface area contributed by atoms with E-state index in [2.05, 4.69) is 24.3 Å². The number of benzene rings is 1. The van der Waals surface area contributed by atoms with E-state index in [1.54, 1.807) is 11.3 Å². The van der Waals surface area contributed by atoms with Gasteiger partial charge in [0, 0.05) is 11.3 Å². The third-order valence-corrected chi connectivity index (χ3v) is 5.13. The van der Waals surface area contributed by atoms with E-state index in [0.717, 1.165) is 30.0 Å². The second-order valence-corrected chi connectivity index (χ2v) is 6.89. The van der Waals surface area contributed by atoms with Crippen molar-refractivity contribution in [3.05, 3.63) is 56.7 Å². The summed E-state index contributed by atoms with van der Waals surface area (Å²) in [5.41, 5.74) is 2.18. The predicted octanol–water partition coefficient (Wildman–Crippen LogP) is 4.74. The van der Waals surface area contributed by atoms with Gasteiger partial charge in [0.1, 0.15) is 0 Å². The molecule has 19 heavy (non-hydrogen) atoms. The summed E-state index contributed by atoms with van der Waals surface area (Å²) in [7, 11) is 0. The first-order valence-corrected chi connectivity index (χ1v) is 7.67. The number of halogens is 1. The van der Waals surface area contributed by atoms with E-state index in [0.29, 0.717) is 0 Å². The standard InChI is InChI=1S/C16H14ClNS/c17-15-8-7-13(19-15)10-16(11-18)9-3-5-12-4-1-2-6-14(12)16/h1-2,4,6-8H,3,5,9-10H2. The second kappa shape index (κ2) is 5.00. The largest absolute Gasteiger partial charge is 0.197 e. The van der Waals surface area contributed by atoms with Crippen molar-refractivity contribution in [3.63, 3.8) is 0 Å². The van der Waals surface area contributed by atoms with Crippen molar-refractivity contribution in [2.75, 3.05) is 0 Å². The SMILES string of the molecule is N#CC1(Cc2ccc(Cl)s2)CCCc2ccccc21. The fraction of sp³-hybridized carbons (Fsp3) is 0.312. The lowest BCUT2D eigenvalue weighted by Crippen LogP contribution is -2.31. The lowest BCUT2D eigenvalue weighted by molar-refractivity contribution is 0.453. The van der Waals surface area contributed by atoms with Gasteiger partial charge in [-0.15, -0.1) is 11.3 Å². The van der Waals surface area contributed by atoms with Crippen molar-refractivity contribution in [2.24, 2.45) is 0 Å². The Morgan fingerprint density at radius 2 is 2.11 bits per heavy atom. The Morgan fingerprint density at radius 3 is 2.84 bits per heavy atom. The summed E-state index contributed by atoms with van der Waals surface area (Å²) in [6.45, 7) is 0. The molecule has 0 spiro atoms. The molecule has 2 aromatic rings. The topological polar surface area (TPSA) is 23.8 Å². The van der Waals surface area contributed by atoms with Crippen molar-refractivity contribution >= 4 is 22.9 Å². The highest BCUT2D eigenvalue weighted by Crippen LogP contribution is 2.41. The molecule has 96 valence electrons. The maximum atomic E-state index is 9.78. The van der Waals surface area contributed by atoms with Crippen LogP contribution in [0.3, 0.4) is 0 Å². The van der Waals surface area contributed by atoms with Gasteiger partial charge in [-0.1, -0.05) is 35.9 Å². The summed E-state index contributed by atoms with van der Waals surface area (Å²) < 4.78 is 0.798. The molecule has 0 bridgehead atoms. The zero-order valence-electron chi connectivity index (χ0n) is 10.5. The van der Waals surface area contributed by atoms with Gasteiger partial charge in [0.2, 0.25) is 0 Å². The zero-order chi connectivity index (χ0) is 13.3. The van der Waals surface area contributed by atoms with Crippen LogP contribution < -0.4 is 0 Å². The molecule has 0 N–H and O–H groups in total. The average molecular weight is 288 g/mol. The monoisotopic (exact) mass is 287 g/mol. The maximum absolute atomic E-state index is 9.78. The molecule has 1 aromatic heterocycles. The molecule has 1 aliphatic rings. The number of hydrogen-bond acceptors (Lipinski definition) is 2. The Labute approximate surface area is 122 Å². The molecule has 1 atom stereocenters. The molecule has 1 aliphatic carbocycles. The van der Waals surface area contributed by atoms with Crippen LogP contribution in [0.5, 0.6) is 0 Å². The van der Waals surface area contributed by atoms with E-state index >= 15 is 0 Å². The Balaban J connectivity index is 2.03. The molecule has 3 rings (SSSR count). The van der Waals surface area contributed by atoms with Gasteiger partial charge in [0.15, 0.2) is 0 Å². The molecule has 0 saturated carbocycles. The van der Waals surface area contributed by atoms with Crippen LogP contribution >= 0.6 is 22.9 Å². The summed E-state index contributed by atoms with van der Waals surface area (Å²) in [6, 6.07) is 14.9. The van der Waals surface area contributed by atoms with Gasteiger partial charge in [0.05, 0.1) is 15.8 Å². The highest BCUT2D eigenvalue weighted by atomic mass is 35.5. The van der Waals surface area contributed by atoms with Gasteiger partial charge >= 0.3 is 0 Å². The molecule has 0 saturated heterocycles. The van der Waals surface area contributed by atoms with Gasteiger partial charge in [0.25, 0.3) is 0 Å². The Bertz CT molecular complexity index is 640. The molecule has 0 fully saturated rings. The quantitative estimate of drug-likeness (QED) is 0.782. The summed E-state index contributed by atoms with van der Waals surface area (Å²) in [6.07, 6.45) is 3.89. The first-order chi connectivity index (χ1) is 9.23. The van der Waals surface area contributed by atoms with Crippen molar-refractivity contribution in [3.8, 4) is 6.07 Å². The average Bonchev–Trinajstić information content (AvgIpc) is 2.84. The second-order valence-electron chi connectivity index (χ2n) is 5.09. The number of thiophene rings is 1. The third kappa shape index (κ3) is 2.29. The first kappa shape index (κ1) is 12.7. The van der Waals surface area contributed by atoms with Crippen LogP contribution in [0.2, 0.25) is 4.34 Å². The zero-order valence-corrected chi connectivity index (χ0v) is 12.1. The van der Waals surface area contributed by atoms with E-state index in [4.69, 9.17) is 11.6 Å². The Kier molecular flexibility index (Phi) is 3.35. The molecular weight excluding hydrogens is 274 g/mol. The molecule has 0 amide bonds. The molecule has 3 heteroatoms. The summed E-state index contributed by atoms with van der Waals surface area (Å²) >= 11 is 7.59. The molecule has 1 aromatic carbocycles. The van der Waals surface area contributed by atoms with Crippen LogP contribution in [0, 0.1) is 11.3 Å². The number of fused-ring (bicyclic) bond motifs is 1. The molecule has 0 radical (unpaired) electrons. The van der Waals surface area contributed by atoms with Crippen LogP contribution in [0.4, 0.5) is 0 Å². The molecule has 1 unspecified atom stereocenters. The summed E-state index contributed by atoms with van der Waals surface area (Å²) in [5, 5.41) is 9.78. The van der Waals surface area contributed by atoms with E-state index in [1.165, 1.54) is 16.0 Å². The minimum atomic E-state index is -0.372. The van der Waals surface area contributed by atoms with Crippen LogP contribution in [0.15, 0.2) is 36.4 Å². The van der Waals surface area contributed by atoms with Crippen molar-refractivity contribution in [1.29, 1.82) is 5.26 Å². The van der Waals surface area contributed by atoms with Gasteiger partial charge in [-0.05, 0) is 42.5 Å². The summed E-state index contributed by atoms with van der Waals surface area (Å²) in [5.74, 6) is 0. The summed E-state index contributed by atoms with van der Waals surface area (Å²) in [4.78, 5) is 1.20. The van der Waals surface area contributed by atoms with Crippen molar-refractivity contribution in [1.82, 2.24) is 0 Å². The minimum Gasteiger partial charge on any atom is -0.197 e. The van der Waals surface area contributed by atoms with Crippen LogP contribution in [0.1, 0.15) is 28.8 Å². The number of aryl methyl sites for hydroxylation is 1. The number of hydrogen-bond donors (Lipinski definition) is 0. The van der Waals surface area contributed by atoms with Crippen LogP contribution in [0.25, 0.3) is 0 Å². The number of nitrogens with zero attached hydrogens (tertiary/aromatic N) is 1. The van der Waals surface area contributed by atoms with Gasteiger partial charge in [-0.2, -0.15) is 5.26 Å². The van der Waals surface area contributed by atoms with Crippen molar-refractivity contribution < 1.29 is 0 Å². The van der Waals surface area contributed by atoms with E-state index in [9.17, 15) is 5.26 Å².